The van der Waals surface area contributed by atoms with Crippen LogP contribution in [-0.4, -0.2) is 32.7 Å². The highest BCUT2D eigenvalue weighted by Crippen LogP contribution is 2.38. The van der Waals surface area contributed by atoms with Crippen molar-refractivity contribution in [2.75, 3.05) is 6.61 Å². The molecule has 2 rings (SSSR count). The molecule has 0 spiro atoms. The molecule has 0 bridgehead atoms. The molecule has 1 heterocycles. The van der Waals surface area contributed by atoms with Crippen LogP contribution in [0.15, 0.2) is 6.20 Å². The number of nitrogens with one attached hydrogen (secondary N) is 1. The minimum atomic E-state index is -0.157. The Labute approximate surface area is 85.3 Å². The molecule has 1 amide bonds. The van der Waals surface area contributed by atoms with E-state index in [1.807, 2.05) is 0 Å². The van der Waals surface area contributed by atoms with E-state index >= 15 is 0 Å². The summed E-state index contributed by atoms with van der Waals surface area (Å²) in [6, 6.07) is 0. The number of rotatable bonds is 4. The van der Waals surface area contributed by atoms with Crippen molar-refractivity contribution in [3.05, 3.63) is 11.1 Å². The zero-order valence-electron chi connectivity index (χ0n) is 7.56. The Morgan fingerprint density at radius 2 is 2.50 bits per heavy atom. The van der Waals surface area contributed by atoms with Crippen LogP contribution in [0.5, 0.6) is 0 Å². The number of aromatic nitrogens is 2. The number of aliphatic hydroxyl groups is 1. The lowest BCUT2D eigenvalue weighted by Gasteiger charge is -2.14. The highest BCUT2D eigenvalue weighted by atomic mass is 32.1. The zero-order chi connectivity index (χ0) is 10.0. The van der Waals surface area contributed by atoms with Gasteiger partial charge in [0.25, 0.3) is 5.91 Å². The first-order chi connectivity index (χ1) is 6.76. The number of hydrogen-bond acceptors (Lipinski definition) is 5. The standard InChI is InChI=1S/C8H11N3O2S/c12-4-3-8(1-2-8)10-7(13)6-5-9-11-14-6/h5,12H,1-4H2,(H,10,13). The van der Waals surface area contributed by atoms with E-state index in [0.717, 1.165) is 24.4 Å². The van der Waals surface area contributed by atoms with E-state index in [1.165, 1.54) is 6.20 Å². The van der Waals surface area contributed by atoms with Crippen LogP contribution in [-0.2, 0) is 0 Å². The third-order valence-electron chi connectivity index (χ3n) is 2.41. The van der Waals surface area contributed by atoms with Crippen LogP contribution in [0, 0.1) is 0 Å². The maximum Gasteiger partial charge on any atom is 0.265 e. The first-order valence-corrected chi connectivity index (χ1v) is 5.24. The maximum atomic E-state index is 11.6. The van der Waals surface area contributed by atoms with Gasteiger partial charge in [0.2, 0.25) is 0 Å². The Morgan fingerprint density at radius 3 is 3.00 bits per heavy atom. The Hall–Kier alpha value is -1.01. The minimum Gasteiger partial charge on any atom is -0.396 e. The summed E-state index contributed by atoms with van der Waals surface area (Å²) in [5, 5.41) is 15.3. The van der Waals surface area contributed by atoms with Crippen LogP contribution in [0.3, 0.4) is 0 Å². The van der Waals surface area contributed by atoms with Crippen molar-refractivity contribution in [1.82, 2.24) is 14.9 Å². The molecule has 0 aromatic carbocycles. The molecular weight excluding hydrogens is 202 g/mol. The number of amides is 1. The van der Waals surface area contributed by atoms with Crippen LogP contribution in [0.2, 0.25) is 0 Å². The van der Waals surface area contributed by atoms with Crippen LogP contribution in [0.4, 0.5) is 0 Å². The van der Waals surface area contributed by atoms with Gasteiger partial charge in [-0.1, -0.05) is 4.49 Å². The van der Waals surface area contributed by atoms with E-state index in [9.17, 15) is 4.79 Å². The average molecular weight is 213 g/mol. The molecule has 0 aliphatic heterocycles. The van der Waals surface area contributed by atoms with Gasteiger partial charge in [-0.3, -0.25) is 4.79 Å². The van der Waals surface area contributed by atoms with E-state index in [-0.39, 0.29) is 18.1 Å². The molecular formula is C8H11N3O2S. The smallest absolute Gasteiger partial charge is 0.265 e. The fourth-order valence-electron chi connectivity index (χ4n) is 1.37. The van der Waals surface area contributed by atoms with Crippen LogP contribution in [0.1, 0.15) is 28.9 Å². The van der Waals surface area contributed by atoms with Crippen LogP contribution in [0.25, 0.3) is 0 Å². The van der Waals surface area contributed by atoms with Gasteiger partial charge in [-0.25, -0.2) is 0 Å². The molecule has 0 radical (unpaired) electrons. The van der Waals surface area contributed by atoms with Crippen molar-refractivity contribution < 1.29 is 9.90 Å². The molecule has 1 aliphatic rings. The summed E-state index contributed by atoms with van der Waals surface area (Å²) >= 11 is 1.08. The lowest BCUT2D eigenvalue weighted by atomic mass is 10.2. The topological polar surface area (TPSA) is 75.1 Å². The lowest BCUT2D eigenvalue weighted by molar-refractivity contribution is 0.0927. The second-order valence-electron chi connectivity index (χ2n) is 3.49. The van der Waals surface area contributed by atoms with Gasteiger partial charge in [0, 0.05) is 12.1 Å². The first kappa shape index (κ1) is 9.54. The fraction of sp³-hybridized carbons (Fsp3) is 0.625. The van der Waals surface area contributed by atoms with E-state index < -0.39 is 0 Å². The summed E-state index contributed by atoms with van der Waals surface area (Å²) in [4.78, 5) is 12.1. The van der Waals surface area contributed by atoms with E-state index in [1.54, 1.807) is 0 Å². The largest absolute Gasteiger partial charge is 0.396 e. The second-order valence-corrected chi connectivity index (χ2v) is 4.28. The first-order valence-electron chi connectivity index (χ1n) is 4.46. The summed E-state index contributed by atoms with van der Waals surface area (Å²) in [5.41, 5.74) is -0.157. The predicted octanol–water partition coefficient (Wildman–Crippen LogP) is 0.183. The average Bonchev–Trinajstić information content (AvgIpc) is 2.70. The lowest BCUT2D eigenvalue weighted by Crippen LogP contribution is -2.37. The van der Waals surface area contributed by atoms with Gasteiger partial charge in [-0.2, -0.15) is 0 Å². The number of nitrogens with zero attached hydrogens (tertiary/aromatic N) is 2. The van der Waals surface area contributed by atoms with Crippen LogP contribution < -0.4 is 5.32 Å². The molecule has 1 aromatic heterocycles. The minimum absolute atomic E-state index is 0.112. The molecule has 6 heteroatoms. The second kappa shape index (κ2) is 3.62. The SMILES string of the molecule is O=C(NC1(CCO)CC1)c1cnns1. The van der Waals surface area contributed by atoms with Crippen molar-refractivity contribution in [2.24, 2.45) is 0 Å². The van der Waals surface area contributed by atoms with Gasteiger partial charge in [0.1, 0.15) is 4.88 Å². The van der Waals surface area contributed by atoms with Gasteiger partial charge >= 0.3 is 0 Å². The van der Waals surface area contributed by atoms with Crippen molar-refractivity contribution in [3.63, 3.8) is 0 Å². The highest BCUT2D eigenvalue weighted by Gasteiger charge is 2.43. The number of hydrogen-bond donors (Lipinski definition) is 2. The van der Waals surface area contributed by atoms with Gasteiger partial charge in [0.15, 0.2) is 0 Å². The molecule has 76 valence electrons. The molecule has 0 atom stereocenters. The van der Waals surface area contributed by atoms with Gasteiger partial charge in [-0.15, -0.1) is 5.10 Å². The number of carbonyl (C=O) groups is 1. The molecule has 1 fully saturated rings. The Balaban J connectivity index is 1.95. The highest BCUT2D eigenvalue weighted by molar-refractivity contribution is 7.07. The summed E-state index contributed by atoms with van der Waals surface area (Å²) in [7, 11) is 0. The molecule has 5 nitrogen and oxygen atoms in total. The molecule has 0 saturated heterocycles. The molecule has 0 unspecified atom stereocenters. The van der Waals surface area contributed by atoms with Crippen molar-refractivity contribution >= 4 is 17.4 Å². The molecule has 2 N–H and O–H groups in total. The maximum absolute atomic E-state index is 11.6. The predicted molar refractivity (Wildman–Crippen MR) is 51.0 cm³/mol. The van der Waals surface area contributed by atoms with E-state index in [0.29, 0.717) is 11.3 Å². The van der Waals surface area contributed by atoms with Crippen molar-refractivity contribution in [2.45, 2.75) is 24.8 Å². The summed E-state index contributed by atoms with van der Waals surface area (Å²) in [6.07, 6.45) is 3.98. The zero-order valence-corrected chi connectivity index (χ0v) is 8.38. The monoisotopic (exact) mass is 213 g/mol. The fourth-order valence-corrected chi connectivity index (χ4v) is 1.78. The summed E-state index contributed by atoms with van der Waals surface area (Å²) in [6.45, 7) is 0.112. The Bertz CT molecular complexity index is 321. The summed E-state index contributed by atoms with van der Waals surface area (Å²) < 4.78 is 3.62. The number of carbonyl (C=O) groups excluding carboxylic acids is 1. The van der Waals surface area contributed by atoms with Crippen molar-refractivity contribution in [3.8, 4) is 0 Å². The molecule has 1 aliphatic carbocycles. The van der Waals surface area contributed by atoms with Crippen molar-refractivity contribution in [1.29, 1.82) is 0 Å². The normalized spacial score (nSPS) is 17.8. The number of aliphatic hydroxyl groups excluding tert-OH is 1. The van der Waals surface area contributed by atoms with Gasteiger partial charge < -0.3 is 10.4 Å². The Kier molecular flexibility index (Phi) is 2.47. The Morgan fingerprint density at radius 1 is 1.71 bits per heavy atom. The molecule has 1 saturated carbocycles. The van der Waals surface area contributed by atoms with E-state index in [4.69, 9.17) is 5.11 Å². The third-order valence-corrected chi connectivity index (χ3v) is 3.07. The van der Waals surface area contributed by atoms with Gasteiger partial charge in [0.05, 0.1) is 6.20 Å². The van der Waals surface area contributed by atoms with Gasteiger partial charge in [-0.05, 0) is 30.8 Å². The summed E-state index contributed by atoms with van der Waals surface area (Å²) in [5.74, 6) is -0.133. The molecule has 14 heavy (non-hydrogen) atoms. The molecule has 1 aromatic rings. The van der Waals surface area contributed by atoms with E-state index in [2.05, 4.69) is 14.9 Å². The third kappa shape index (κ3) is 1.91. The quantitative estimate of drug-likeness (QED) is 0.748. The van der Waals surface area contributed by atoms with Crippen LogP contribution >= 0.6 is 11.5 Å².